The van der Waals surface area contributed by atoms with Crippen LogP contribution in [0.2, 0.25) is 10.0 Å². The lowest BCUT2D eigenvalue weighted by Crippen LogP contribution is -2.35. The fourth-order valence-electron chi connectivity index (χ4n) is 4.80. The summed E-state index contributed by atoms with van der Waals surface area (Å²) in [7, 11) is 5.03. The van der Waals surface area contributed by atoms with Gasteiger partial charge in [0.25, 0.3) is 5.56 Å². The van der Waals surface area contributed by atoms with Crippen molar-refractivity contribution in [1.82, 2.24) is 20.0 Å². The van der Waals surface area contributed by atoms with Crippen LogP contribution in [0.15, 0.2) is 70.7 Å². The molecule has 2 aliphatic heterocycles. The number of allylic oxidation sites excluding steroid dienone is 1. The van der Waals surface area contributed by atoms with E-state index in [1.165, 1.54) is 4.57 Å². The first-order valence-electron chi connectivity index (χ1n) is 11.7. The van der Waals surface area contributed by atoms with Crippen molar-refractivity contribution in [3.05, 3.63) is 91.9 Å². The smallest absolute Gasteiger partial charge is 0.274 e. The average molecular weight is 540 g/mol. The first kappa shape index (κ1) is 25.0. The van der Waals surface area contributed by atoms with Crippen molar-refractivity contribution in [3.63, 3.8) is 0 Å². The van der Waals surface area contributed by atoms with Crippen molar-refractivity contribution in [2.45, 2.75) is 19.9 Å². The fraction of sp³-hybridized carbons (Fsp3) is 0.269. The first-order chi connectivity index (χ1) is 17.7. The standard InChI is InChI=1S/C26H27Cl2N7O2/c1-14(2)22-21-18(32-35(22)20-11-30-26(29-3)31-24(20)37-5)13-34(19-10-17(28)12-33(4)25(19)36)23(21)15-6-8-16(27)9-7-15/h6-14,23,32H,1-5H3,(H,29,30,31). The molecule has 192 valence electrons. The van der Waals surface area contributed by atoms with Gasteiger partial charge in [-0.2, -0.15) is 4.98 Å². The third-order valence-electron chi connectivity index (χ3n) is 6.39. The molecule has 0 saturated carbocycles. The van der Waals surface area contributed by atoms with E-state index in [0.29, 0.717) is 33.2 Å². The van der Waals surface area contributed by atoms with E-state index in [0.717, 1.165) is 22.5 Å². The molecule has 0 radical (unpaired) electrons. The van der Waals surface area contributed by atoms with Crippen LogP contribution in [0.25, 0.3) is 0 Å². The highest BCUT2D eigenvalue weighted by molar-refractivity contribution is 6.31. The zero-order valence-electron chi connectivity index (χ0n) is 21.1. The van der Waals surface area contributed by atoms with Crippen molar-refractivity contribution in [2.24, 2.45) is 13.0 Å². The Kier molecular flexibility index (Phi) is 6.51. The minimum absolute atomic E-state index is 0.0963. The number of benzene rings is 1. The minimum atomic E-state index is -0.308. The largest absolute Gasteiger partial charge is 0.479 e. The molecule has 0 bridgehead atoms. The van der Waals surface area contributed by atoms with Crippen LogP contribution in [0.5, 0.6) is 5.88 Å². The van der Waals surface area contributed by atoms with E-state index in [-0.39, 0.29) is 17.5 Å². The van der Waals surface area contributed by atoms with Crippen molar-refractivity contribution in [3.8, 4) is 5.88 Å². The van der Waals surface area contributed by atoms with Crippen LogP contribution in [-0.4, -0.2) is 28.7 Å². The van der Waals surface area contributed by atoms with E-state index in [1.807, 2.05) is 40.4 Å². The summed E-state index contributed by atoms with van der Waals surface area (Å²) in [6.45, 7) is 4.24. The van der Waals surface area contributed by atoms with Crippen LogP contribution in [0.4, 0.5) is 17.3 Å². The number of aromatic nitrogens is 3. The second-order valence-electron chi connectivity index (χ2n) is 9.10. The fourth-order valence-corrected chi connectivity index (χ4v) is 5.18. The molecule has 37 heavy (non-hydrogen) atoms. The van der Waals surface area contributed by atoms with Gasteiger partial charge in [-0.25, -0.2) is 4.98 Å². The highest BCUT2D eigenvalue weighted by Crippen LogP contribution is 2.49. The number of methoxy groups -OCH3 is 1. The molecule has 0 spiro atoms. The van der Waals surface area contributed by atoms with E-state index in [2.05, 4.69) is 34.6 Å². The number of ether oxygens (including phenoxy) is 1. The molecular weight excluding hydrogens is 513 g/mol. The second-order valence-corrected chi connectivity index (χ2v) is 9.98. The summed E-state index contributed by atoms with van der Waals surface area (Å²) in [5.74, 6) is 0.980. The van der Waals surface area contributed by atoms with Gasteiger partial charge in [0.2, 0.25) is 11.8 Å². The van der Waals surface area contributed by atoms with E-state index < -0.39 is 0 Å². The molecule has 3 aromatic rings. The minimum Gasteiger partial charge on any atom is -0.479 e. The summed E-state index contributed by atoms with van der Waals surface area (Å²) < 4.78 is 7.10. The SMILES string of the molecule is CNc1ncc(N2NC3=CN(c4cc(Cl)cn(C)c4=O)C(c4ccc(Cl)cc4)C3=C2C(C)C)c(OC)n1. The Balaban J connectivity index is 1.72. The summed E-state index contributed by atoms with van der Waals surface area (Å²) in [5, 5.41) is 6.01. The van der Waals surface area contributed by atoms with Crippen molar-refractivity contribution >= 4 is 40.5 Å². The number of hydrazine groups is 1. The molecule has 2 aromatic heterocycles. The van der Waals surface area contributed by atoms with Gasteiger partial charge in [0, 0.05) is 37.1 Å². The zero-order valence-corrected chi connectivity index (χ0v) is 22.6. The average Bonchev–Trinajstić information content (AvgIpc) is 3.42. The number of pyridine rings is 1. The molecule has 1 unspecified atom stereocenters. The van der Waals surface area contributed by atoms with Gasteiger partial charge in [0.1, 0.15) is 11.4 Å². The number of nitrogens with zero attached hydrogens (tertiary/aromatic N) is 5. The number of hydrogen-bond donors (Lipinski definition) is 2. The number of hydrogen-bond acceptors (Lipinski definition) is 8. The van der Waals surface area contributed by atoms with Gasteiger partial charge in [-0.05, 0) is 29.7 Å². The number of rotatable bonds is 6. The second kappa shape index (κ2) is 9.64. The number of nitrogens with one attached hydrogen (secondary N) is 2. The van der Waals surface area contributed by atoms with Gasteiger partial charge in [-0.15, -0.1) is 0 Å². The highest BCUT2D eigenvalue weighted by Gasteiger charge is 2.43. The van der Waals surface area contributed by atoms with Gasteiger partial charge in [0.15, 0.2) is 0 Å². The molecule has 2 N–H and O–H groups in total. The van der Waals surface area contributed by atoms with Crippen LogP contribution in [-0.2, 0) is 7.05 Å². The van der Waals surface area contributed by atoms with E-state index in [9.17, 15) is 4.79 Å². The van der Waals surface area contributed by atoms with Gasteiger partial charge in [-0.1, -0.05) is 49.2 Å². The number of halogens is 2. The van der Waals surface area contributed by atoms with Crippen LogP contribution in [0, 0.1) is 5.92 Å². The Morgan fingerprint density at radius 1 is 1.14 bits per heavy atom. The Morgan fingerprint density at radius 2 is 1.86 bits per heavy atom. The Hall–Kier alpha value is -3.69. The van der Waals surface area contributed by atoms with E-state index >= 15 is 0 Å². The molecule has 0 fully saturated rings. The van der Waals surface area contributed by atoms with Gasteiger partial charge in [0.05, 0.1) is 35.8 Å². The predicted octanol–water partition coefficient (Wildman–Crippen LogP) is 4.87. The molecule has 2 aliphatic rings. The van der Waals surface area contributed by atoms with E-state index in [4.69, 9.17) is 27.9 Å². The number of fused-ring (bicyclic) bond motifs is 1. The molecule has 9 nitrogen and oxygen atoms in total. The summed E-state index contributed by atoms with van der Waals surface area (Å²) in [6, 6.07) is 9.05. The third-order valence-corrected chi connectivity index (χ3v) is 6.85. The summed E-state index contributed by atoms with van der Waals surface area (Å²) in [6.07, 6.45) is 5.27. The lowest BCUT2D eigenvalue weighted by molar-refractivity contribution is 0.397. The molecular formula is C26H27Cl2N7O2. The normalized spacial score (nSPS) is 16.8. The monoisotopic (exact) mass is 539 g/mol. The number of anilines is 3. The van der Waals surface area contributed by atoms with Crippen molar-refractivity contribution in [2.75, 3.05) is 29.4 Å². The molecule has 0 saturated heterocycles. The Morgan fingerprint density at radius 3 is 2.51 bits per heavy atom. The van der Waals surface area contributed by atoms with Crippen LogP contribution < -0.4 is 30.9 Å². The zero-order chi connectivity index (χ0) is 26.4. The van der Waals surface area contributed by atoms with Crippen molar-refractivity contribution < 1.29 is 4.74 Å². The van der Waals surface area contributed by atoms with Crippen molar-refractivity contribution in [1.29, 1.82) is 0 Å². The summed E-state index contributed by atoms with van der Waals surface area (Å²) >= 11 is 12.6. The lowest BCUT2D eigenvalue weighted by Gasteiger charge is -2.30. The summed E-state index contributed by atoms with van der Waals surface area (Å²) in [5.41, 5.74) is 8.36. The number of aryl methyl sites for hydroxylation is 1. The van der Waals surface area contributed by atoms with Gasteiger partial charge >= 0.3 is 0 Å². The molecule has 0 amide bonds. The van der Waals surface area contributed by atoms with Crippen LogP contribution in [0.1, 0.15) is 25.5 Å². The highest BCUT2D eigenvalue weighted by atomic mass is 35.5. The molecule has 4 heterocycles. The third kappa shape index (κ3) is 4.28. The maximum absolute atomic E-state index is 13.2. The lowest BCUT2D eigenvalue weighted by atomic mass is 9.93. The Labute approximate surface area is 225 Å². The van der Waals surface area contributed by atoms with Crippen LogP contribution in [0.3, 0.4) is 0 Å². The van der Waals surface area contributed by atoms with Crippen LogP contribution >= 0.6 is 23.2 Å². The maximum atomic E-state index is 13.2. The van der Waals surface area contributed by atoms with E-state index in [1.54, 1.807) is 39.7 Å². The van der Waals surface area contributed by atoms with Gasteiger partial charge < -0.3 is 19.5 Å². The quantitative estimate of drug-likeness (QED) is 0.458. The molecule has 5 rings (SSSR count). The maximum Gasteiger partial charge on any atom is 0.274 e. The molecule has 11 heteroatoms. The van der Waals surface area contributed by atoms with Gasteiger partial charge in [-0.3, -0.25) is 15.2 Å². The predicted molar refractivity (Wildman–Crippen MR) is 147 cm³/mol. The molecule has 0 aliphatic carbocycles. The Bertz CT molecular complexity index is 1480. The molecule has 1 atom stereocenters. The first-order valence-corrected chi connectivity index (χ1v) is 12.5. The summed E-state index contributed by atoms with van der Waals surface area (Å²) in [4.78, 5) is 24.1. The molecule has 1 aromatic carbocycles. The topological polar surface area (TPSA) is 87.6 Å².